The van der Waals surface area contributed by atoms with E-state index < -0.39 is 21.7 Å². The van der Waals surface area contributed by atoms with Crippen LogP contribution in [0.25, 0.3) is 10.8 Å². The average molecular weight is 536 g/mol. The Balaban J connectivity index is 1.41. The number of aromatic nitrogens is 1. The molecule has 0 radical (unpaired) electrons. The maximum atomic E-state index is 13.3. The van der Waals surface area contributed by atoms with Crippen molar-refractivity contribution in [1.82, 2.24) is 9.88 Å². The summed E-state index contributed by atoms with van der Waals surface area (Å²) < 4.78 is 26.7. The molecule has 1 saturated heterocycles. The smallest absolute Gasteiger partial charge is 0.336 e. The van der Waals surface area contributed by atoms with Gasteiger partial charge in [-0.2, -0.15) is 0 Å². The summed E-state index contributed by atoms with van der Waals surface area (Å²) in [5.74, 6) is -1.82. The molecule has 2 heterocycles. The van der Waals surface area contributed by atoms with Crippen LogP contribution in [0.2, 0.25) is 5.02 Å². The number of anilines is 1. The molecule has 0 saturated carbocycles. The predicted molar refractivity (Wildman–Crippen MR) is 140 cm³/mol. The Morgan fingerprint density at radius 3 is 2.11 bits per heavy atom. The molecule has 1 N–H and O–H groups in total. The number of hydrogen-bond acceptors (Lipinski definition) is 6. The number of nitrogens with zero attached hydrogens (tertiary/aromatic N) is 3. The van der Waals surface area contributed by atoms with E-state index in [-0.39, 0.29) is 20.9 Å². The fraction of sp³-hybridized carbons (Fsp3) is 0.148. The van der Waals surface area contributed by atoms with E-state index in [1.165, 1.54) is 24.3 Å². The van der Waals surface area contributed by atoms with E-state index in [4.69, 9.17) is 11.6 Å². The zero-order chi connectivity index (χ0) is 26.2. The highest BCUT2D eigenvalue weighted by molar-refractivity contribution is 7.91. The fourth-order valence-electron chi connectivity index (χ4n) is 4.44. The van der Waals surface area contributed by atoms with Crippen molar-refractivity contribution in [2.75, 3.05) is 31.1 Å². The molecular formula is C27H22ClN3O5S. The predicted octanol–water partition coefficient (Wildman–Crippen LogP) is 4.38. The molecular weight excluding hydrogens is 514 g/mol. The molecule has 10 heteroatoms. The maximum absolute atomic E-state index is 13.3. The third-order valence-corrected chi connectivity index (χ3v) is 8.43. The quantitative estimate of drug-likeness (QED) is 0.404. The maximum Gasteiger partial charge on any atom is 0.336 e. The van der Waals surface area contributed by atoms with Gasteiger partial charge >= 0.3 is 5.97 Å². The number of pyridine rings is 1. The van der Waals surface area contributed by atoms with Crippen LogP contribution < -0.4 is 4.90 Å². The van der Waals surface area contributed by atoms with Crippen molar-refractivity contribution in [3.63, 3.8) is 0 Å². The van der Waals surface area contributed by atoms with Crippen molar-refractivity contribution in [3.05, 3.63) is 95.3 Å². The van der Waals surface area contributed by atoms with E-state index in [2.05, 4.69) is 9.88 Å². The number of carbonyl (C=O) groups excluding carboxylic acids is 1. The number of benzene rings is 3. The van der Waals surface area contributed by atoms with Gasteiger partial charge in [0.05, 0.1) is 20.9 Å². The van der Waals surface area contributed by atoms with Crippen LogP contribution in [0.3, 0.4) is 0 Å². The Morgan fingerprint density at radius 1 is 0.784 bits per heavy atom. The summed E-state index contributed by atoms with van der Waals surface area (Å²) in [4.78, 5) is 32.9. The van der Waals surface area contributed by atoms with Crippen LogP contribution in [0.4, 0.5) is 5.69 Å². The Labute approximate surface area is 218 Å². The number of fused-ring (bicyclic) bond motifs is 1. The van der Waals surface area contributed by atoms with E-state index >= 15 is 0 Å². The summed E-state index contributed by atoms with van der Waals surface area (Å²) in [7, 11) is -4.03. The largest absolute Gasteiger partial charge is 0.478 e. The molecule has 0 bridgehead atoms. The first-order chi connectivity index (χ1) is 17.7. The van der Waals surface area contributed by atoms with Crippen LogP contribution in [0.1, 0.15) is 20.7 Å². The van der Waals surface area contributed by atoms with E-state index in [1.807, 2.05) is 12.1 Å². The summed E-state index contributed by atoms with van der Waals surface area (Å²) in [6.45, 7) is 1.97. The molecule has 3 aromatic carbocycles. The van der Waals surface area contributed by atoms with Crippen LogP contribution in [0.15, 0.2) is 88.9 Å². The zero-order valence-corrected chi connectivity index (χ0v) is 21.1. The molecule has 0 atom stereocenters. The molecule has 1 amide bonds. The Kier molecular flexibility index (Phi) is 6.57. The van der Waals surface area contributed by atoms with Gasteiger partial charge in [-0.3, -0.25) is 9.78 Å². The van der Waals surface area contributed by atoms with Crippen LogP contribution in [0, 0.1) is 0 Å². The SMILES string of the molecule is O=C(O)c1cc(S(=O)(=O)c2ccc3cc(Cl)ccc3c2)ccc1C(=O)N1CCN(c2ccncc2)CC1. The lowest BCUT2D eigenvalue weighted by Gasteiger charge is -2.36. The number of carboxylic acid groups (broad SMARTS) is 1. The van der Waals surface area contributed by atoms with Crippen molar-refractivity contribution < 1.29 is 23.1 Å². The van der Waals surface area contributed by atoms with Crippen LogP contribution in [-0.4, -0.2) is 61.5 Å². The van der Waals surface area contributed by atoms with E-state index in [9.17, 15) is 23.1 Å². The summed E-state index contributed by atoms with van der Waals surface area (Å²) in [6.07, 6.45) is 3.41. The highest BCUT2D eigenvalue weighted by Crippen LogP contribution is 2.28. The van der Waals surface area contributed by atoms with Gasteiger partial charge < -0.3 is 14.9 Å². The summed E-state index contributed by atoms with van der Waals surface area (Å²) in [5, 5.41) is 11.8. The molecule has 188 valence electrons. The Hall–Kier alpha value is -3.95. The standard InChI is InChI=1S/C27H22ClN3O5S/c28-20-3-1-19-16-22(4-2-18(19)15-20)37(35,36)23-5-6-24(25(17-23)27(33)34)26(32)31-13-11-30(12-14-31)21-7-9-29-10-8-21/h1-10,15-17H,11-14H2,(H,33,34). The molecule has 4 aromatic rings. The van der Waals surface area contributed by atoms with Crippen molar-refractivity contribution in [1.29, 1.82) is 0 Å². The first kappa shape index (κ1) is 24.7. The molecule has 0 unspecified atom stereocenters. The van der Waals surface area contributed by atoms with Crippen LogP contribution in [-0.2, 0) is 9.84 Å². The topological polar surface area (TPSA) is 108 Å². The second kappa shape index (κ2) is 9.84. The van der Waals surface area contributed by atoms with Gasteiger partial charge in [-0.05, 0) is 65.4 Å². The number of carboxylic acids is 1. The molecule has 1 fully saturated rings. The minimum absolute atomic E-state index is 0.0185. The van der Waals surface area contributed by atoms with Crippen LogP contribution >= 0.6 is 11.6 Å². The zero-order valence-electron chi connectivity index (χ0n) is 19.5. The van der Waals surface area contributed by atoms with Gasteiger partial charge in [0, 0.05) is 49.3 Å². The van der Waals surface area contributed by atoms with Crippen molar-refractivity contribution in [2.45, 2.75) is 9.79 Å². The highest BCUT2D eigenvalue weighted by Gasteiger charge is 2.28. The number of aromatic carboxylic acids is 1. The van der Waals surface area contributed by atoms with Gasteiger partial charge in [-0.1, -0.05) is 23.7 Å². The van der Waals surface area contributed by atoms with E-state index in [0.717, 1.165) is 17.1 Å². The molecule has 1 aliphatic heterocycles. The molecule has 37 heavy (non-hydrogen) atoms. The van der Waals surface area contributed by atoms with Crippen LogP contribution in [0.5, 0.6) is 0 Å². The minimum atomic E-state index is -4.03. The lowest BCUT2D eigenvalue weighted by atomic mass is 10.1. The van der Waals surface area contributed by atoms with Gasteiger partial charge in [0.2, 0.25) is 9.84 Å². The molecule has 5 rings (SSSR count). The summed E-state index contributed by atoms with van der Waals surface area (Å²) in [5.41, 5.74) is 0.604. The number of piperazine rings is 1. The van der Waals surface area contributed by atoms with Gasteiger partial charge in [-0.15, -0.1) is 0 Å². The third kappa shape index (κ3) is 4.87. The summed E-state index contributed by atoms with van der Waals surface area (Å²) in [6, 6.07) is 17.2. The van der Waals surface area contributed by atoms with E-state index in [0.29, 0.717) is 36.6 Å². The molecule has 1 aliphatic rings. The van der Waals surface area contributed by atoms with Crippen molar-refractivity contribution in [2.24, 2.45) is 0 Å². The van der Waals surface area contributed by atoms with Gasteiger partial charge in [0.15, 0.2) is 0 Å². The highest BCUT2D eigenvalue weighted by atomic mass is 35.5. The van der Waals surface area contributed by atoms with Crippen molar-refractivity contribution in [3.8, 4) is 0 Å². The number of rotatable bonds is 5. The number of amides is 1. The third-order valence-electron chi connectivity index (χ3n) is 6.44. The molecule has 0 spiro atoms. The minimum Gasteiger partial charge on any atom is -0.478 e. The van der Waals surface area contributed by atoms with Gasteiger partial charge in [0.1, 0.15) is 0 Å². The lowest BCUT2D eigenvalue weighted by Crippen LogP contribution is -2.49. The number of carbonyl (C=O) groups is 2. The first-order valence-electron chi connectivity index (χ1n) is 11.5. The Morgan fingerprint density at radius 2 is 1.41 bits per heavy atom. The summed E-state index contributed by atoms with van der Waals surface area (Å²) >= 11 is 6.01. The number of sulfone groups is 1. The van der Waals surface area contributed by atoms with Gasteiger partial charge in [-0.25, -0.2) is 13.2 Å². The van der Waals surface area contributed by atoms with Gasteiger partial charge in [0.25, 0.3) is 5.91 Å². The molecule has 1 aromatic heterocycles. The second-order valence-electron chi connectivity index (χ2n) is 8.65. The number of halogens is 1. The Bertz CT molecular complexity index is 1620. The second-order valence-corrected chi connectivity index (χ2v) is 11.0. The normalized spacial score (nSPS) is 14.1. The first-order valence-corrected chi connectivity index (χ1v) is 13.4. The number of hydrogen-bond donors (Lipinski definition) is 1. The molecule has 0 aliphatic carbocycles. The van der Waals surface area contributed by atoms with E-state index in [1.54, 1.807) is 41.6 Å². The average Bonchev–Trinajstić information content (AvgIpc) is 2.92. The molecule has 8 nitrogen and oxygen atoms in total. The lowest BCUT2D eigenvalue weighted by molar-refractivity contribution is 0.0672. The fourth-order valence-corrected chi connectivity index (χ4v) is 5.95. The monoisotopic (exact) mass is 535 g/mol. The van der Waals surface area contributed by atoms with Crippen molar-refractivity contribution >= 4 is 49.8 Å².